The Morgan fingerprint density at radius 1 is 1.10 bits per heavy atom. The average molecular weight is 267 g/mol. The van der Waals surface area contributed by atoms with Crippen LogP contribution < -0.4 is 10.5 Å². The van der Waals surface area contributed by atoms with Gasteiger partial charge in [-0.1, -0.05) is 11.2 Å². The molecule has 0 fully saturated rings. The van der Waals surface area contributed by atoms with Crippen LogP contribution in [0.2, 0.25) is 0 Å². The third-order valence-corrected chi connectivity index (χ3v) is 2.99. The van der Waals surface area contributed by atoms with Crippen molar-refractivity contribution in [2.45, 2.75) is 0 Å². The number of aromatic nitrogens is 2. The van der Waals surface area contributed by atoms with Gasteiger partial charge in [-0.15, -0.1) is 0 Å². The van der Waals surface area contributed by atoms with Gasteiger partial charge in [0.2, 0.25) is 0 Å². The highest BCUT2D eigenvalue weighted by atomic mass is 16.5. The molecule has 100 valence electrons. The summed E-state index contributed by atoms with van der Waals surface area (Å²) in [7, 11) is 1.63. The molecule has 3 rings (SSSR count). The number of hydrogen-bond donors (Lipinski definition) is 1. The SMILES string of the molecule is COc1ccc(-c2onc(N)c2-c2ccccn2)cc1. The first-order valence-corrected chi connectivity index (χ1v) is 6.10. The summed E-state index contributed by atoms with van der Waals surface area (Å²) < 4.78 is 10.5. The number of anilines is 1. The molecule has 0 saturated carbocycles. The summed E-state index contributed by atoms with van der Waals surface area (Å²) in [5, 5.41) is 3.84. The van der Waals surface area contributed by atoms with E-state index in [1.165, 1.54) is 0 Å². The van der Waals surface area contributed by atoms with Crippen LogP contribution in [0.5, 0.6) is 5.75 Å². The lowest BCUT2D eigenvalue weighted by Crippen LogP contribution is -1.90. The number of nitrogens with zero attached hydrogens (tertiary/aromatic N) is 2. The molecule has 0 amide bonds. The minimum absolute atomic E-state index is 0.328. The molecule has 2 heterocycles. The summed E-state index contributed by atoms with van der Waals surface area (Å²) in [6.45, 7) is 0. The van der Waals surface area contributed by atoms with E-state index in [0.29, 0.717) is 17.1 Å². The average Bonchev–Trinajstić information content (AvgIpc) is 2.90. The summed E-state index contributed by atoms with van der Waals surface area (Å²) >= 11 is 0. The third kappa shape index (κ3) is 2.09. The maximum atomic E-state index is 5.90. The first kappa shape index (κ1) is 12.2. The van der Waals surface area contributed by atoms with Crippen LogP contribution >= 0.6 is 0 Å². The molecule has 5 heteroatoms. The van der Waals surface area contributed by atoms with Gasteiger partial charge in [0.1, 0.15) is 5.75 Å². The van der Waals surface area contributed by atoms with Gasteiger partial charge in [0.25, 0.3) is 0 Å². The lowest BCUT2D eigenvalue weighted by atomic mass is 10.1. The third-order valence-electron chi connectivity index (χ3n) is 2.99. The van der Waals surface area contributed by atoms with E-state index < -0.39 is 0 Å². The molecule has 2 N–H and O–H groups in total. The van der Waals surface area contributed by atoms with Crippen LogP contribution in [0.25, 0.3) is 22.6 Å². The van der Waals surface area contributed by atoms with E-state index in [9.17, 15) is 0 Å². The van der Waals surface area contributed by atoms with Gasteiger partial charge in [0.05, 0.1) is 18.4 Å². The van der Waals surface area contributed by atoms with Crippen molar-refractivity contribution in [3.63, 3.8) is 0 Å². The van der Waals surface area contributed by atoms with Crippen molar-refractivity contribution in [3.05, 3.63) is 48.7 Å². The maximum Gasteiger partial charge on any atom is 0.178 e. The zero-order valence-corrected chi connectivity index (χ0v) is 10.9. The lowest BCUT2D eigenvalue weighted by molar-refractivity contribution is 0.414. The van der Waals surface area contributed by atoms with Gasteiger partial charge in [-0.25, -0.2) is 0 Å². The smallest absolute Gasteiger partial charge is 0.178 e. The van der Waals surface area contributed by atoms with Gasteiger partial charge in [-0.3, -0.25) is 4.98 Å². The van der Waals surface area contributed by atoms with Gasteiger partial charge in [0.15, 0.2) is 11.6 Å². The number of rotatable bonds is 3. The number of benzene rings is 1. The number of nitrogen functional groups attached to an aromatic ring is 1. The van der Waals surface area contributed by atoms with Gasteiger partial charge in [-0.05, 0) is 36.4 Å². The summed E-state index contributed by atoms with van der Waals surface area (Å²) in [4.78, 5) is 4.30. The van der Waals surface area contributed by atoms with E-state index in [2.05, 4.69) is 10.1 Å². The Balaban J connectivity index is 2.11. The predicted molar refractivity (Wildman–Crippen MR) is 76.1 cm³/mol. The normalized spacial score (nSPS) is 10.4. The molecule has 0 atom stereocenters. The van der Waals surface area contributed by atoms with Crippen LogP contribution in [-0.2, 0) is 0 Å². The molecule has 1 aromatic carbocycles. The van der Waals surface area contributed by atoms with E-state index >= 15 is 0 Å². The van der Waals surface area contributed by atoms with Crippen LogP contribution in [0.1, 0.15) is 0 Å². The Morgan fingerprint density at radius 3 is 2.55 bits per heavy atom. The van der Waals surface area contributed by atoms with Crippen molar-refractivity contribution in [1.29, 1.82) is 0 Å². The van der Waals surface area contributed by atoms with Crippen molar-refractivity contribution in [2.24, 2.45) is 0 Å². The Bertz CT molecular complexity index is 706. The molecule has 0 aliphatic rings. The van der Waals surface area contributed by atoms with E-state index in [4.69, 9.17) is 15.0 Å². The second-order valence-corrected chi connectivity index (χ2v) is 4.22. The molecule has 0 unspecified atom stereocenters. The Kier molecular flexibility index (Phi) is 3.09. The van der Waals surface area contributed by atoms with Gasteiger partial charge in [0, 0.05) is 11.8 Å². The van der Waals surface area contributed by atoms with Crippen molar-refractivity contribution in [3.8, 4) is 28.3 Å². The number of hydrogen-bond acceptors (Lipinski definition) is 5. The van der Waals surface area contributed by atoms with Crippen LogP contribution in [-0.4, -0.2) is 17.3 Å². The van der Waals surface area contributed by atoms with Gasteiger partial charge >= 0.3 is 0 Å². The Morgan fingerprint density at radius 2 is 1.90 bits per heavy atom. The number of pyridine rings is 1. The molecule has 0 bridgehead atoms. The fourth-order valence-corrected chi connectivity index (χ4v) is 2.00. The van der Waals surface area contributed by atoms with Crippen molar-refractivity contribution in [1.82, 2.24) is 10.1 Å². The van der Waals surface area contributed by atoms with E-state index in [-0.39, 0.29) is 0 Å². The minimum Gasteiger partial charge on any atom is -0.497 e. The molecule has 0 aliphatic carbocycles. The Hall–Kier alpha value is -2.82. The highest BCUT2D eigenvalue weighted by Crippen LogP contribution is 2.35. The van der Waals surface area contributed by atoms with Crippen molar-refractivity contribution >= 4 is 5.82 Å². The molecule has 0 spiro atoms. The lowest BCUT2D eigenvalue weighted by Gasteiger charge is -2.03. The van der Waals surface area contributed by atoms with Crippen LogP contribution in [0.3, 0.4) is 0 Å². The summed E-state index contributed by atoms with van der Waals surface area (Å²) in [6, 6.07) is 13.1. The van der Waals surface area contributed by atoms with Crippen LogP contribution in [0.4, 0.5) is 5.82 Å². The molecule has 5 nitrogen and oxygen atoms in total. The van der Waals surface area contributed by atoms with Crippen LogP contribution in [0, 0.1) is 0 Å². The first-order chi connectivity index (χ1) is 9.79. The summed E-state index contributed by atoms with van der Waals surface area (Å²) in [5.41, 5.74) is 8.21. The fourth-order valence-electron chi connectivity index (χ4n) is 2.00. The molecular formula is C15H13N3O2. The zero-order valence-electron chi connectivity index (χ0n) is 10.9. The second kappa shape index (κ2) is 5.05. The predicted octanol–water partition coefficient (Wildman–Crippen LogP) is 2.99. The van der Waals surface area contributed by atoms with E-state index in [1.54, 1.807) is 13.3 Å². The van der Waals surface area contributed by atoms with Gasteiger partial charge in [-0.2, -0.15) is 0 Å². The molecule has 0 radical (unpaired) electrons. The monoisotopic (exact) mass is 267 g/mol. The van der Waals surface area contributed by atoms with Crippen LogP contribution in [0.15, 0.2) is 53.2 Å². The molecule has 20 heavy (non-hydrogen) atoms. The van der Waals surface area contributed by atoms with Gasteiger partial charge < -0.3 is 15.0 Å². The molecule has 2 aromatic heterocycles. The number of nitrogens with two attached hydrogens (primary N) is 1. The molecule has 0 aliphatic heterocycles. The molecule has 3 aromatic rings. The maximum absolute atomic E-state index is 5.90. The summed E-state index contributed by atoms with van der Waals surface area (Å²) in [6.07, 6.45) is 1.71. The standard InChI is InChI=1S/C15H13N3O2/c1-19-11-7-5-10(6-8-11)14-13(15(16)18-20-14)12-4-2-3-9-17-12/h2-9H,1H3,(H2,16,18). The highest BCUT2D eigenvalue weighted by molar-refractivity contribution is 5.84. The number of ether oxygens (including phenoxy) is 1. The first-order valence-electron chi connectivity index (χ1n) is 6.10. The number of methoxy groups -OCH3 is 1. The van der Waals surface area contributed by atoms with Crippen molar-refractivity contribution < 1.29 is 9.26 Å². The van der Waals surface area contributed by atoms with E-state index in [1.807, 2.05) is 42.5 Å². The topological polar surface area (TPSA) is 74.2 Å². The molecule has 0 saturated heterocycles. The summed E-state index contributed by atoms with van der Waals surface area (Å²) in [5.74, 6) is 1.71. The highest BCUT2D eigenvalue weighted by Gasteiger charge is 2.18. The van der Waals surface area contributed by atoms with Crippen molar-refractivity contribution in [2.75, 3.05) is 12.8 Å². The van der Waals surface area contributed by atoms with E-state index in [0.717, 1.165) is 17.0 Å². The molecular weight excluding hydrogens is 254 g/mol. The minimum atomic E-state index is 0.328. The fraction of sp³-hybridized carbons (Fsp3) is 0.0667. The largest absolute Gasteiger partial charge is 0.497 e. The quantitative estimate of drug-likeness (QED) is 0.789. The zero-order chi connectivity index (χ0) is 13.9. The second-order valence-electron chi connectivity index (χ2n) is 4.22. The Labute approximate surface area is 116 Å².